The van der Waals surface area contributed by atoms with Gasteiger partial charge in [0.1, 0.15) is 0 Å². The SMILES string of the molecule is C#C/C(C)=C\C=C. The maximum absolute atomic E-state index is 4.99. The Bertz CT molecular complexity index is 121. The zero-order valence-electron chi connectivity index (χ0n) is 4.44. The maximum atomic E-state index is 4.99. The predicted octanol–water partition coefficient (Wildman–Crippen LogP) is 1.75. The second-order valence-corrected chi connectivity index (χ2v) is 1.23. The molecule has 0 heteroatoms. The van der Waals surface area contributed by atoms with Gasteiger partial charge >= 0.3 is 0 Å². The van der Waals surface area contributed by atoms with Gasteiger partial charge in [-0.25, -0.2) is 0 Å². The Hall–Kier alpha value is -0.960. The molecular formula is C7H8. The average Bonchev–Trinajstić information content (AvgIpc) is 1.68. The standard InChI is InChI=1S/C7H8/c1-4-6-7(3)5-2/h2,4,6H,1H2,3H3/b7-6-. The third-order valence-electron chi connectivity index (χ3n) is 0.596. The van der Waals surface area contributed by atoms with Crippen molar-refractivity contribution in [3.05, 3.63) is 24.3 Å². The van der Waals surface area contributed by atoms with E-state index in [9.17, 15) is 0 Å². The van der Waals surface area contributed by atoms with Gasteiger partial charge in [0.05, 0.1) is 0 Å². The van der Waals surface area contributed by atoms with Crippen molar-refractivity contribution < 1.29 is 0 Å². The number of hydrogen-bond donors (Lipinski definition) is 0. The molecule has 0 unspecified atom stereocenters. The molecule has 0 fully saturated rings. The fourth-order valence-electron chi connectivity index (χ4n) is 0.225. The fraction of sp³-hybridized carbons (Fsp3) is 0.143. The lowest BCUT2D eigenvalue weighted by molar-refractivity contribution is 1.59. The molecule has 0 amide bonds. The van der Waals surface area contributed by atoms with E-state index in [0.717, 1.165) is 5.57 Å². The number of hydrogen-bond acceptors (Lipinski definition) is 0. The van der Waals surface area contributed by atoms with E-state index < -0.39 is 0 Å². The van der Waals surface area contributed by atoms with Crippen LogP contribution in [0.4, 0.5) is 0 Å². The predicted molar refractivity (Wildman–Crippen MR) is 32.8 cm³/mol. The van der Waals surface area contributed by atoms with E-state index >= 15 is 0 Å². The van der Waals surface area contributed by atoms with Gasteiger partial charge in [0.25, 0.3) is 0 Å². The lowest BCUT2D eigenvalue weighted by Gasteiger charge is -1.76. The van der Waals surface area contributed by atoms with Crippen molar-refractivity contribution in [1.29, 1.82) is 0 Å². The van der Waals surface area contributed by atoms with Crippen LogP contribution in [0.1, 0.15) is 6.92 Å². The van der Waals surface area contributed by atoms with Crippen molar-refractivity contribution in [3.63, 3.8) is 0 Å². The van der Waals surface area contributed by atoms with E-state index in [-0.39, 0.29) is 0 Å². The van der Waals surface area contributed by atoms with Crippen LogP contribution in [0.2, 0.25) is 0 Å². The van der Waals surface area contributed by atoms with Gasteiger partial charge in [-0.2, -0.15) is 0 Å². The Labute approximate surface area is 44.5 Å². The smallest absolute Gasteiger partial charge is 0.00137 e. The molecule has 0 saturated carbocycles. The summed E-state index contributed by atoms with van der Waals surface area (Å²) in [6.45, 7) is 5.34. The number of terminal acetylenes is 1. The molecule has 0 aliphatic heterocycles. The van der Waals surface area contributed by atoms with E-state index in [1.165, 1.54) is 0 Å². The summed E-state index contributed by atoms with van der Waals surface area (Å²) in [7, 11) is 0. The molecular weight excluding hydrogens is 84.1 g/mol. The maximum Gasteiger partial charge on any atom is -0.00137 e. The normalized spacial score (nSPS) is 10.0. The highest BCUT2D eigenvalue weighted by atomic mass is 13.7. The van der Waals surface area contributed by atoms with E-state index in [0.29, 0.717) is 0 Å². The van der Waals surface area contributed by atoms with Gasteiger partial charge in [-0.05, 0) is 12.5 Å². The molecule has 0 aliphatic rings. The molecule has 0 radical (unpaired) electrons. The number of allylic oxidation sites excluding steroid dienone is 3. The highest BCUT2D eigenvalue weighted by Crippen LogP contribution is 1.85. The van der Waals surface area contributed by atoms with Crippen LogP contribution < -0.4 is 0 Å². The fourth-order valence-corrected chi connectivity index (χ4v) is 0.225. The second kappa shape index (κ2) is 3.24. The first-order valence-corrected chi connectivity index (χ1v) is 2.07. The van der Waals surface area contributed by atoms with Gasteiger partial charge in [-0.15, -0.1) is 6.42 Å². The van der Waals surface area contributed by atoms with Crippen LogP contribution in [-0.2, 0) is 0 Å². The lowest BCUT2D eigenvalue weighted by Crippen LogP contribution is -1.60. The highest BCUT2D eigenvalue weighted by molar-refractivity contribution is 5.25. The third-order valence-corrected chi connectivity index (χ3v) is 0.596. The Morgan fingerprint density at radius 3 is 2.57 bits per heavy atom. The Morgan fingerprint density at radius 2 is 2.43 bits per heavy atom. The van der Waals surface area contributed by atoms with E-state index in [4.69, 9.17) is 6.42 Å². The van der Waals surface area contributed by atoms with Crippen LogP contribution in [0.25, 0.3) is 0 Å². The van der Waals surface area contributed by atoms with Gasteiger partial charge in [0, 0.05) is 0 Å². The van der Waals surface area contributed by atoms with Crippen LogP contribution in [0, 0.1) is 12.3 Å². The molecule has 0 saturated heterocycles. The summed E-state index contributed by atoms with van der Waals surface area (Å²) in [4.78, 5) is 0. The zero-order chi connectivity index (χ0) is 5.70. The summed E-state index contributed by atoms with van der Waals surface area (Å²) in [5, 5.41) is 0. The molecule has 0 spiro atoms. The van der Waals surface area contributed by atoms with E-state index in [2.05, 4.69) is 12.5 Å². The molecule has 0 N–H and O–H groups in total. The Balaban J connectivity index is 3.80. The van der Waals surface area contributed by atoms with Gasteiger partial charge in [-0.3, -0.25) is 0 Å². The van der Waals surface area contributed by atoms with E-state index in [1.807, 2.05) is 6.92 Å². The minimum absolute atomic E-state index is 0.912. The molecule has 0 aromatic carbocycles. The Kier molecular flexibility index (Phi) is 2.79. The third kappa shape index (κ3) is 2.85. The molecule has 0 aromatic rings. The van der Waals surface area contributed by atoms with Gasteiger partial charge in [0.15, 0.2) is 0 Å². The summed E-state index contributed by atoms with van der Waals surface area (Å²) in [5.74, 6) is 2.46. The summed E-state index contributed by atoms with van der Waals surface area (Å²) in [6.07, 6.45) is 8.46. The summed E-state index contributed by atoms with van der Waals surface area (Å²) >= 11 is 0. The topological polar surface area (TPSA) is 0 Å². The summed E-state index contributed by atoms with van der Waals surface area (Å²) in [5.41, 5.74) is 0.912. The molecule has 36 valence electrons. The van der Waals surface area contributed by atoms with Crippen LogP contribution in [0.15, 0.2) is 24.3 Å². The highest BCUT2D eigenvalue weighted by Gasteiger charge is 1.69. The van der Waals surface area contributed by atoms with Gasteiger partial charge < -0.3 is 0 Å². The van der Waals surface area contributed by atoms with Crippen molar-refractivity contribution in [1.82, 2.24) is 0 Å². The average molecular weight is 92.1 g/mol. The minimum Gasteiger partial charge on any atom is -0.115 e. The van der Waals surface area contributed by atoms with Crippen LogP contribution >= 0.6 is 0 Å². The molecule has 0 atom stereocenters. The largest absolute Gasteiger partial charge is 0.115 e. The molecule has 0 nitrogen and oxygen atoms in total. The summed E-state index contributed by atoms with van der Waals surface area (Å²) in [6, 6.07) is 0. The number of rotatable bonds is 1. The van der Waals surface area contributed by atoms with Crippen LogP contribution in [-0.4, -0.2) is 0 Å². The van der Waals surface area contributed by atoms with E-state index in [1.54, 1.807) is 12.2 Å². The molecule has 7 heavy (non-hydrogen) atoms. The first kappa shape index (κ1) is 6.04. The first-order valence-electron chi connectivity index (χ1n) is 2.07. The quantitative estimate of drug-likeness (QED) is 0.341. The summed E-state index contributed by atoms with van der Waals surface area (Å²) < 4.78 is 0. The van der Waals surface area contributed by atoms with Crippen molar-refractivity contribution in [3.8, 4) is 12.3 Å². The van der Waals surface area contributed by atoms with Crippen molar-refractivity contribution in [2.45, 2.75) is 6.92 Å². The van der Waals surface area contributed by atoms with Gasteiger partial charge in [-0.1, -0.05) is 24.7 Å². The molecule has 0 bridgehead atoms. The molecule has 0 rings (SSSR count). The first-order chi connectivity index (χ1) is 3.31. The monoisotopic (exact) mass is 92.1 g/mol. The lowest BCUT2D eigenvalue weighted by atomic mass is 10.3. The second-order valence-electron chi connectivity index (χ2n) is 1.23. The van der Waals surface area contributed by atoms with Crippen molar-refractivity contribution >= 4 is 0 Å². The molecule has 0 aromatic heterocycles. The molecule has 0 heterocycles. The Morgan fingerprint density at radius 1 is 1.86 bits per heavy atom. The van der Waals surface area contributed by atoms with Crippen LogP contribution in [0.3, 0.4) is 0 Å². The van der Waals surface area contributed by atoms with Gasteiger partial charge in [0.2, 0.25) is 0 Å². The van der Waals surface area contributed by atoms with Crippen molar-refractivity contribution in [2.24, 2.45) is 0 Å². The van der Waals surface area contributed by atoms with Crippen molar-refractivity contribution in [2.75, 3.05) is 0 Å². The molecule has 0 aliphatic carbocycles. The minimum atomic E-state index is 0.912. The zero-order valence-corrected chi connectivity index (χ0v) is 4.44. The van der Waals surface area contributed by atoms with Crippen LogP contribution in [0.5, 0.6) is 0 Å².